The summed E-state index contributed by atoms with van der Waals surface area (Å²) in [6, 6.07) is 4.16. The van der Waals surface area contributed by atoms with Gasteiger partial charge in [-0.1, -0.05) is 6.07 Å². The number of nitrogens with zero attached hydrogens (tertiary/aromatic N) is 1. The van der Waals surface area contributed by atoms with Crippen molar-refractivity contribution in [3.05, 3.63) is 34.1 Å². The van der Waals surface area contributed by atoms with E-state index < -0.39 is 17.7 Å². The number of aliphatic carboxylic acids is 1. The summed E-state index contributed by atoms with van der Waals surface area (Å²) in [5.74, 6) is -1.69. The number of hydrogen-bond donors (Lipinski definition) is 1. The molecule has 1 aliphatic carbocycles. The minimum Gasteiger partial charge on any atom is -0.480 e. The van der Waals surface area contributed by atoms with E-state index in [0.717, 1.165) is 12.8 Å². The molecular formula is C13H13BrFNO3. The van der Waals surface area contributed by atoms with E-state index in [-0.39, 0.29) is 16.6 Å². The number of rotatable bonds is 5. The van der Waals surface area contributed by atoms with Crippen LogP contribution in [0.2, 0.25) is 0 Å². The van der Waals surface area contributed by atoms with Gasteiger partial charge < -0.3 is 10.0 Å². The second kappa shape index (κ2) is 5.69. The van der Waals surface area contributed by atoms with Gasteiger partial charge in [0.2, 0.25) is 0 Å². The predicted octanol–water partition coefficient (Wildman–Crippen LogP) is 2.53. The molecule has 4 nitrogen and oxygen atoms in total. The summed E-state index contributed by atoms with van der Waals surface area (Å²) in [6.07, 6.45) is 2.02. The lowest BCUT2D eigenvalue weighted by atomic mass is 10.2. The van der Waals surface area contributed by atoms with E-state index in [1.54, 1.807) is 0 Å². The molecule has 0 spiro atoms. The first-order chi connectivity index (χ1) is 8.99. The zero-order valence-electron chi connectivity index (χ0n) is 10.1. The molecule has 2 rings (SSSR count). The van der Waals surface area contributed by atoms with Gasteiger partial charge in [0.25, 0.3) is 5.91 Å². The lowest BCUT2D eigenvalue weighted by Crippen LogP contribution is -2.37. The van der Waals surface area contributed by atoms with Gasteiger partial charge in [-0.2, -0.15) is 0 Å². The standard InChI is InChI=1S/C13H13BrFNO3/c14-12-9(2-1-3-10(12)15)13(19)16(7-11(17)18)6-8-4-5-8/h1-3,8H,4-7H2,(H,17,18). The predicted molar refractivity (Wildman–Crippen MR) is 70.4 cm³/mol. The molecule has 1 aromatic rings. The fourth-order valence-electron chi connectivity index (χ4n) is 1.83. The Bertz CT molecular complexity index is 517. The summed E-state index contributed by atoms with van der Waals surface area (Å²) in [6.45, 7) is 0.0480. The van der Waals surface area contributed by atoms with Gasteiger partial charge in [-0.25, -0.2) is 4.39 Å². The van der Waals surface area contributed by atoms with E-state index in [9.17, 15) is 14.0 Å². The van der Waals surface area contributed by atoms with E-state index in [0.29, 0.717) is 12.5 Å². The number of hydrogen-bond acceptors (Lipinski definition) is 2. The molecule has 0 saturated heterocycles. The molecule has 0 bridgehead atoms. The van der Waals surface area contributed by atoms with E-state index in [1.165, 1.54) is 23.1 Å². The molecule has 102 valence electrons. The molecule has 0 aromatic heterocycles. The summed E-state index contributed by atoms with van der Waals surface area (Å²) < 4.78 is 13.5. The first-order valence-corrected chi connectivity index (χ1v) is 6.73. The molecule has 0 atom stereocenters. The zero-order chi connectivity index (χ0) is 14.0. The van der Waals surface area contributed by atoms with Crippen molar-refractivity contribution in [2.45, 2.75) is 12.8 Å². The molecule has 0 heterocycles. The van der Waals surface area contributed by atoms with Crippen LogP contribution in [-0.4, -0.2) is 35.0 Å². The molecule has 1 fully saturated rings. The van der Waals surface area contributed by atoms with Crippen LogP contribution in [0.5, 0.6) is 0 Å². The number of halogens is 2. The van der Waals surface area contributed by atoms with Crippen molar-refractivity contribution in [1.82, 2.24) is 4.90 Å². The van der Waals surface area contributed by atoms with Gasteiger partial charge in [-0.3, -0.25) is 9.59 Å². The maximum absolute atomic E-state index is 13.4. The molecule has 0 radical (unpaired) electrons. The smallest absolute Gasteiger partial charge is 0.323 e. The second-order valence-corrected chi connectivity index (χ2v) is 5.42. The zero-order valence-corrected chi connectivity index (χ0v) is 11.7. The van der Waals surface area contributed by atoms with E-state index in [4.69, 9.17) is 5.11 Å². The third-order valence-electron chi connectivity index (χ3n) is 2.97. The average molecular weight is 330 g/mol. The summed E-state index contributed by atoms with van der Waals surface area (Å²) >= 11 is 3.03. The van der Waals surface area contributed by atoms with Crippen LogP contribution >= 0.6 is 15.9 Å². The van der Waals surface area contributed by atoms with Gasteiger partial charge >= 0.3 is 5.97 Å². The van der Waals surface area contributed by atoms with Gasteiger partial charge in [-0.05, 0) is 46.8 Å². The normalized spacial score (nSPS) is 14.2. The van der Waals surface area contributed by atoms with Crippen molar-refractivity contribution >= 4 is 27.8 Å². The number of benzene rings is 1. The fourth-order valence-corrected chi connectivity index (χ4v) is 2.27. The van der Waals surface area contributed by atoms with Gasteiger partial charge in [0.1, 0.15) is 12.4 Å². The van der Waals surface area contributed by atoms with Crippen LogP contribution in [-0.2, 0) is 4.79 Å². The fraction of sp³-hybridized carbons (Fsp3) is 0.385. The van der Waals surface area contributed by atoms with Gasteiger partial charge in [0.05, 0.1) is 10.0 Å². The minimum atomic E-state index is -1.07. The molecule has 6 heteroatoms. The SMILES string of the molecule is O=C(O)CN(CC1CC1)C(=O)c1cccc(F)c1Br. The van der Waals surface area contributed by atoms with Crippen LogP contribution in [0.25, 0.3) is 0 Å². The minimum absolute atomic E-state index is 0.0752. The number of amides is 1. The highest BCUT2D eigenvalue weighted by molar-refractivity contribution is 9.10. The monoisotopic (exact) mass is 329 g/mol. The first kappa shape index (κ1) is 14.0. The molecule has 1 saturated carbocycles. The van der Waals surface area contributed by atoms with Crippen molar-refractivity contribution in [2.75, 3.05) is 13.1 Å². The van der Waals surface area contributed by atoms with Crippen LogP contribution in [0.15, 0.2) is 22.7 Å². The second-order valence-electron chi connectivity index (χ2n) is 4.62. The molecule has 1 aromatic carbocycles. The summed E-state index contributed by atoms with van der Waals surface area (Å²) in [5, 5.41) is 8.86. The Kier molecular flexibility index (Phi) is 4.19. The Balaban J connectivity index is 2.21. The van der Waals surface area contributed by atoms with Crippen molar-refractivity contribution in [1.29, 1.82) is 0 Å². The van der Waals surface area contributed by atoms with Gasteiger partial charge in [-0.15, -0.1) is 0 Å². The number of carboxylic acid groups (broad SMARTS) is 1. The third kappa shape index (κ3) is 3.53. The molecule has 1 aliphatic rings. The summed E-state index contributed by atoms with van der Waals surface area (Å²) in [5.41, 5.74) is 0.155. The van der Waals surface area contributed by atoms with Gasteiger partial charge in [0, 0.05) is 6.54 Å². The number of carbonyl (C=O) groups is 2. The molecule has 0 aliphatic heterocycles. The highest BCUT2D eigenvalue weighted by Gasteiger charge is 2.29. The summed E-state index contributed by atoms with van der Waals surface area (Å²) in [7, 11) is 0. The van der Waals surface area contributed by atoms with E-state index in [1.807, 2.05) is 0 Å². The van der Waals surface area contributed by atoms with E-state index >= 15 is 0 Å². The summed E-state index contributed by atoms with van der Waals surface area (Å²) in [4.78, 5) is 24.4. The molecule has 1 N–H and O–H groups in total. The van der Waals surface area contributed by atoms with Crippen molar-refractivity contribution in [2.24, 2.45) is 5.92 Å². The van der Waals surface area contributed by atoms with Crippen LogP contribution in [0.3, 0.4) is 0 Å². The number of carbonyl (C=O) groups excluding carboxylic acids is 1. The van der Waals surface area contributed by atoms with Crippen molar-refractivity contribution in [3.63, 3.8) is 0 Å². The Hall–Kier alpha value is -1.43. The Morgan fingerprint density at radius 1 is 1.42 bits per heavy atom. The largest absolute Gasteiger partial charge is 0.480 e. The molecular weight excluding hydrogens is 317 g/mol. The topological polar surface area (TPSA) is 57.6 Å². The lowest BCUT2D eigenvalue weighted by Gasteiger charge is -2.21. The Morgan fingerprint density at radius 2 is 2.11 bits per heavy atom. The van der Waals surface area contributed by atoms with Crippen LogP contribution in [0, 0.1) is 11.7 Å². The van der Waals surface area contributed by atoms with Crippen LogP contribution < -0.4 is 0 Å². The van der Waals surface area contributed by atoms with Gasteiger partial charge in [0.15, 0.2) is 0 Å². The third-order valence-corrected chi connectivity index (χ3v) is 3.78. The van der Waals surface area contributed by atoms with E-state index in [2.05, 4.69) is 15.9 Å². The Labute approximate surface area is 118 Å². The van der Waals surface area contributed by atoms with Crippen LogP contribution in [0.4, 0.5) is 4.39 Å². The quantitative estimate of drug-likeness (QED) is 0.903. The Morgan fingerprint density at radius 3 is 2.68 bits per heavy atom. The highest BCUT2D eigenvalue weighted by Crippen LogP contribution is 2.30. The maximum Gasteiger partial charge on any atom is 0.323 e. The van der Waals surface area contributed by atoms with Crippen LogP contribution in [0.1, 0.15) is 23.2 Å². The lowest BCUT2D eigenvalue weighted by molar-refractivity contribution is -0.137. The maximum atomic E-state index is 13.4. The van der Waals surface area contributed by atoms with Crippen molar-refractivity contribution in [3.8, 4) is 0 Å². The highest BCUT2D eigenvalue weighted by atomic mass is 79.9. The molecule has 1 amide bonds. The van der Waals surface area contributed by atoms with Crippen molar-refractivity contribution < 1.29 is 19.1 Å². The molecule has 0 unspecified atom stereocenters. The number of carboxylic acids is 1. The first-order valence-electron chi connectivity index (χ1n) is 5.94. The molecule has 19 heavy (non-hydrogen) atoms. The average Bonchev–Trinajstić information content (AvgIpc) is 3.14.